The van der Waals surface area contributed by atoms with Crippen LogP contribution in [0.4, 0.5) is 0 Å². The van der Waals surface area contributed by atoms with Crippen LogP contribution in [-0.2, 0) is 0 Å². The van der Waals surface area contributed by atoms with Gasteiger partial charge in [-0.15, -0.1) is 0 Å². The molecule has 0 N–H and O–H groups in total. The molecule has 0 saturated carbocycles. The van der Waals surface area contributed by atoms with Crippen molar-refractivity contribution < 1.29 is 4.42 Å². The fourth-order valence-corrected chi connectivity index (χ4v) is 4.66. The fourth-order valence-electron chi connectivity index (χ4n) is 0.705. The first-order valence-corrected chi connectivity index (χ1v) is 16.8. The first-order chi connectivity index (χ1) is 4.11. The number of hydrogen-bond acceptors (Lipinski definition) is 1. The second-order valence-corrected chi connectivity index (χ2v) is 22.6. The van der Waals surface area contributed by atoms with Crippen molar-refractivity contribution >= 4 is 24.5 Å². The van der Waals surface area contributed by atoms with E-state index in [1.807, 2.05) is 6.07 Å². The Bertz CT molecular complexity index is 171. The molecule has 0 saturated heterocycles. The van der Waals surface area contributed by atoms with Crippen molar-refractivity contribution in [2.24, 2.45) is 0 Å². The molecular weight excluding hydrogens is 307 g/mol. The molecule has 0 atom stereocenters. The van der Waals surface area contributed by atoms with Crippen LogP contribution in [0.25, 0.3) is 0 Å². The van der Waals surface area contributed by atoms with Gasteiger partial charge >= 0.3 is 60.8 Å². The van der Waals surface area contributed by atoms with Crippen LogP contribution in [0.5, 0.6) is 0 Å². The predicted molar refractivity (Wildman–Crippen MR) is 41.7 cm³/mol. The third-order valence-corrected chi connectivity index (χ3v) is 8.11. The van der Waals surface area contributed by atoms with E-state index in [0.717, 1.165) is 0 Å². The van der Waals surface area contributed by atoms with E-state index in [1.54, 1.807) is 6.26 Å². The summed E-state index contributed by atoms with van der Waals surface area (Å²) in [5.74, 6) is 0. The van der Waals surface area contributed by atoms with Crippen LogP contribution < -0.4 is 3.32 Å². The van der Waals surface area contributed by atoms with E-state index >= 15 is 0 Å². The molecule has 2 heteroatoms. The summed E-state index contributed by atoms with van der Waals surface area (Å²) in [5.41, 5.74) is 0. The average Bonchev–Trinajstić information content (AvgIpc) is 2.08. The van der Waals surface area contributed by atoms with Gasteiger partial charge < -0.3 is 0 Å². The second kappa shape index (κ2) is 2.44. The second-order valence-electron chi connectivity index (χ2n) is 3.23. The summed E-state index contributed by atoms with van der Waals surface area (Å²) < 4.78 is 13.6. The molecule has 0 spiro atoms. The molecule has 0 aliphatic carbocycles. The zero-order valence-electron chi connectivity index (χ0n) is 6.14. The van der Waals surface area contributed by atoms with E-state index in [1.165, 1.54) is 3.32 Å². The Morgan fingerprint density at radius 2 is 2.00 bits per heavy atom. The van der Waals surface area contributed by atoms with Crippen LogP contribution in [0.1, 0.15) is 0 Å². The van der Waals surface area contributed by atoms with Gasteiger partial charge in [0, 0.05) is 0 Å². The van der Waals surface area contributed by atoms with Gasteiger partial charge in [0.2, 0.25) is 0 Å². The molecule has 0 aliphatic rings. The van der Waals surface area contributed by atoms with E-state index in [9.17, 15) is 0 Å². The molecular formula is C7H12OPb. The van der Waals surface area contributed by atoms with Crippen molar-refractivity contribution in [3.63, 3.8) is 0 Å². The topological polar surface area (TPSA) is 13.1 Å². The van der Waals surface area contributed by atoms with Crippen LogP contribution in [0.15, 0.2) is 22.8 Å². The Balaban J connectivity index is 2.90. The minimum absolute atomic E-state index is 1.27. The quantitative estimate of drug-likeness (QED) is 0.720. The SMILES string of the molecule is [CH3][Pb]([CH3])([CH3])[c]1ccco1. The number of hydrogen-bond donors (Lipinski definition) is 0. The number of furan rings is 1. The fraction of sp³-hybridized carbons (Fsp3) is 0.429. The van der Waals surface area contributed by atoms with E-state index in [0.29, 0.717) is 0 Å². The van der Waals surface area contributed by atoms with Gasteiger partial charge in [-0.05, 0) is 0 Å². The summed E-state index contributed by atoms with van der Waals surface area (Å²) >= 11 is -1.93. The molecule has 9 heavy (non-hydrogen) atoms. The van der Waals surface area contributed by atoms with Crippen molar-refractivity contribution in [3.8, 4) is 0 Å². The molecule has 0 amide bonds. The molecule has 0 radical (unpaired) electrons. The first kappa shape index (κ1) is 7.31. The number of rotatable bonds is 1. The van der Waals surface area contributed by atoms with Gasteiger partial charge in [-0.3, -0.25) is 0 Å². The molecule has 1 nitrogen and oxygen atoms in total. The van der Waals surface area contributed by atoms with Gasteiger partial charge in [0.25, 0.3) is 0 Å². The van der Waals surface area contributed by atoms with Crippen LogP contribution >= 0.6 is 0 Å². The normalized spacial score (nSPS) is 11.9. The van der Waals surface area contributed by atoms with Gasteiger partial charge in [-0.25, -0.2) is 0 Å². The van der Waals surface area contributed by atoms with Crippen molar-refractivity contribution in [1.82, 2.24) is 0 Å². The van der Waals surface area contributed by atoms with Crippen LogP contribution in [0, 0.1) is 0 Å². The van der Waals surface area contributed by atoms with Crippen molar-refractivity contribution in [2.75, 3.05) is 0 Å². The Kier molecular flexibility index (Phi) is 1.98. The molecule has 0 fully saturated rings. The zero-order chi connectivity index (χ0) is 6.91. The Hall–Kier alpha value is 0.202. The summed E-state index contributed by atoms with van der Waals surface area (Å²) in [4.78, 5) is 0. The van der Waals surface area contributed by atoms with Gasteiger partial charge in [-0.1, -0.05) is 0 Å². The van der Waals surface area contributed by atoms with Gasteiger partial charge in [0.15, 0.2) is 0 Å². The van der Waals surface area contributed by atoms with Gasteiger partial charge in [0.05, 0.1) is 0 Å². The van der Waals surface area contributed by atoms with Crippen molar-refractivity contribution in [1.29, 1.82) is 0 Å². The average molecular weight is 319 g/mol. The zero-order valence-corrected chi connectivity index (χ0v) is 10.0. The van der Waals surface area contributed by atoms with Crippen LogP contribution in [-0.4, -0.2) is 21.2 Å². The molecule has 1 aromatic heterocycles. The third-order valence-electron chi connectivity index (χ3n) is 1.26. The molecule has 50 valence electrons. The summed E-state index contributed by atoms with van der Waals surface area (Å²) in [6, 6.07) is 4.07. The van der Waals surface area contributed by atoms with E-state index in [4.69, 9.17) is 4.42 Å². The van der Waals surface area contributed by atoms with Crippen molar-refractivity contribution in [2.45, 2.75) is 13.4 Å². The van der Waals surface area contributed by atoms with E-state index < -0.39 is 21.2 Å². The maximum atomic E-state index is 5.30. The molecule has 0 bridgehead atoms. The van der Waals surface area contributed by atoms with Crippen molar-refractivity contribution in [3.05, 3.63) is 18.4 Å². The molecule has 0 aromatic carbocycles. The predicted octanol–water partition coefficient (Wildman–Crippen LogP) is 1.82. The third kappa shape index (κ3) is 1.81. The summed E-state index contributed by atoms with van der Waals surface area (Å²) in [6.07, 6.45) is 1.76. The Morgan fingerprint density at radius 3 is 2.22 bits per heavy atom. The standard InChI is InChI=1S/C4H3O.3CH3.Pb/c1-2-4-5-3-1;;;;/h1-3H;3*1H3;. The Labute approximate surface area is 60.7 Å². The maximum absolute atomic E-state index is 5.30. The summed E-state index contributed by atoms with van der Waals surface area (Å²) in [6.45, 7) is 0. The summed E-state index contributed by atoms with van der Waals surface area (Å²) in [7, 11) is 0. The monoisotopic (exact) mass is 320 g/mol. The molecule has 1 heterocycles. The van der Waals surface area contributed by atoms with Crippen LogP contribution in [0.3, 0.4) is 0 Å². The van der Waals surface area contributed by atoms with Gasteiger partial charge in [0.1, 0.15) is 0 Å². The molecule has 1 rings (SSSR count). The van der Waals surface area contributed by atoms with Crippen LogP contribution in [0.2, 0.25) is 13.4 Å². The molecule has 0 aliphatic heterocycles. The first-order valence-electron chi connectivity index (χ1n) is 3.15. The summed E-state index contributed by atoms with van der Waals surface area (Å²) in [5, 5.41) is 0. The Morgan fingerprint density at radius 1 is 1.33 bits per heavy atom. The minimum atomic E-state index is -1.93. The van der Waals surface area contributed by atoms with Gasteiger partial charge in [-0.2, -0.15) is 0 Å². The van der Waals surface area contributed by atoms with E-state index in [2.05, 4.69) is 19.5 Å². The van der Waals surface area contributed by atoms with E-state index in [-0.39, 0.29) is 0 Å². The molecule has 1 aromatic rings. The molecule has 0 unspecified atom stereocenters.